The van der Waals surface area contributed by atoms with Crippen molar-refractivity contribution in [1.82, 2.24) is 0 Å². The van der Waals surface area contributed by atoms with Gasteiger partial charge in [0, 0.05) is 6.42 Å². The highest BCUT2D eigenvalue weighted by Crippen LogP contribution is 2.50. The van der Waals surface area contributed by atoms with Crippen LogP contribution in [0.3, 0.4) is 0 Å². The molecule has 0 heterocycles. The number of benzene rings is 1. The fourth-order valence-corrected chi connectivity index (χ4v) is 4.16. The predicted octanol–water partition coefficient (Wildman–Crippen LogP) is 3.70. The zero-order valence-corrected chi connectivity index (χ0v) is 12.4. The summed E-state index contributed by atoms with van der Waals surface area (Å²) in [4.78, 5) is 12.5. The molecule has 21 heavy (non-hydrogen) atoms. The van der Waals surface area contributed by atoms with Crippen LogP contribution < -0.4 is 4.74 Å². The van der Waals surface area contributed by atoms with Crippen LogP contribution in [0.4, 0.5) is 0 Å². The summed E-state index contributed by atoms with van der Waals surface area (Å²) in [7, 11) is 1.59. The van der Waals surface area contributed by atoms with Gasteiger partial charge < -0.3 is 4.74 Å². The fourth-order valence-electron chi connectivity index (χ4n) is 4.16. The van der Waals surface area contributed by atoms with Crippen LogP contribution in [0.15, 0.2) is 24.3 Å². The first-order valence-electron chi connectivity index (χ1n) is 7.77. The Labute approximate surface area is 125 Å². The van der Waals surface area contributed by atoms with Gasteiger partial charge >= 0.3 is 0 Å². The average molecular weight is 283 g/mol. The lowest BCUT2D eigenvalue weighted by Crippen LogP contribution is -2.19. The minimum atomic E-state index is -0.653. The standard InChI is InChI=1S/C18H21NO2/c1-21-16-4-2-3-14(9-16)17(11-19)18(20)10-15-8-12-5-6-13(15)7-12/h2-4,9,12-13,15,17H,5-8,10H2,1H3. The fraction of sp³-hybridized carbons (Fsp3) is 0.556. The second kappa shape index (κ2) is 5.89. The van der Waals surface area contributed by atoms with Crippen LogP contribution in [0.5, 0.6) is 5.75 Å². The lowest BCUT2D eigenvalue weighted by molar-refractivity contribution is -0.120. The van der Waals surface area contributed by atoms with Gasteiger partial charge in [0.25, 0.3) is 0 Å². The first-order valence-corrected chi connectivity index (χ1v) is 7.77. The summed E-state index contributed by atoms with van der Waals surface area (Å²) in [6.07, 6.45) is 5.67. The largest absolute Gasteiger partial charge is 0.497 e. The lowest BCUT2D eigenvalue weighted by Gasteiger charge is -2.21. The summed E-state index contributed by atoms with van der Waals surface area (Å²) in [6.45, 7) is 0. The number of hydrogen-bond acceptors (Lipinski definition) is 3. The number of rotatable bonds is 5. The van der Waals surface area contributed by atoms with Gasteiger partial charge in [0.1, 0.15) is 11.7 Å². The number of hydrogen-bond donors (Lipinski definition) is 0. The van der Waals surface area contributed by atoms with Gasteiger partial charge in [-0.15, -0.1) is 0 Å². The van der Waals surface area contributed by atoms with Gasteiger partial charge in [-0.25, -0.2) is 0 Å². The maximum Gasteiger partial charge on any atom is 0.154 e. The highest BCUT2D eigenvalue weighted by molar-refractivity contribution is 5.88. The summed E-state index contributed by atoms with van der Waals surface area (Å²) in [5.41, 5.74) is 0.755. The zero-order chi connectivity index (χ0) is 14.8. The van der Waals surface area contributed by atoms with E-state index in [-0.39, 0.29) is 5.78 Å². The van der Waals surface area contributed by atoms with E-state index < -0.39 is 5.92 Å². The van der Waals surface area contributed by atoms with Gasteiger partial charge in [-0.2, -0.15) is 5.26 Å². The summed E-state index contributed by atoms with van der Waals surface area (Å²) < 4.78 is 5.18. The van der Waals surface area contributed by atoms with Crippen LogP contribution >= 0.6 is 0 Å². The maximum atomic E-state index is 12.5. The summed E-state index contributed by atoms with van der Waals surface area (Å²) in [5.74, 6) is 2.19. The molecule has 3 nitrogen and oxygen atoms in total. The molecule has 4 atom stereocenters. The third-order valence-corrected chi connectivity index (χ3v) is 5.23. The van der Waals surface area contributed by atoms with E-state index in [2.05, 4.69) is 6.07 Å². The summed E-state index contributed by atoms with van der Waals surface area (Å²) in [5, 5.41) is 9.41. The van der Waals surface area contributed by atoms with Gasteiger partial charge in [-0.1, -0.05) is 18.6 Å². The van der Waals surface area contributed by atoms with Crippen LogP contribution in [-0.2, 0) is 4.79 Å². The Morgan fingerprint density at radius 3 is 2.90 bits per heavy atom. The molecule has 1 aromatic carbocycles. The number of Topliss-reactive ketones (excluding diaryl/α,β-unsaturated/α-hetero) is 1. The second-order valence-electron chi connectivity index (χ2n) is 6.44. The van der Waals surface area contributed by atoms with E-state index >= 15 is 0 Å². The first kappa shape index (κ1) is 14.1. The highest BCUT2D eigenvalue weighted by Gasteiger charge is 2.40. The molecule has 110 valence electrons. The molecule has 4 unspecified atom stereocenters. The van der Waals surface area contributed by atoms with E-state index in [0.29, 0.717) is 18.1 Å². The minimum Gasteiger partial charge on any atom is -0.497 e. The van der Waals surface area contributed by atoms with Crippen molar-refractivity contribution in [3.05, 3.63) is 29.8 Å². The molecule has 3 heteroatoms. The SMILES string of the molecule is COc1cccc(C(C#N)C(=O)CC2CC3CCC2C3)c1. The average Bonchev–Trinajstić information content (AvgIpc) is 3.11. The van der Waals surface area contributed by atoms with Gasteiger partial charge in [-0.3, -0.25) is 4.79 Å². The van der Waals surface area contributed by atoms with Crippen LogP contribution in [0.25, 0.3) is 0 Å². The molecule has 2 aliphatic carbocycles. The highest BCUT2D eigenvalue weighted by atomic mass is 16.5. The molecule has 0 spiro atoms. The molecule has 2 aliphatic rings. The number of carbonyl (C=O) groups is 1. The molecule has 0 N–H and O–H groups in total. The molecule has 0 amide bonds. The van der Waals surface area contributed by atoms with E-state index in [9.17, 15) is 10.1 Å². The quantitative estimate of drug-likeness (QED) is 0.828. The van der Waals surface area contributed by atoms with E-state index in [0.717, 1.165) is 17.4 Å². The van der Waals surface area contributed by atoms with Crippen molar-refractivity contribution in [2.24, 2.45) is 17.8 Å². The monoisotopic (exact) mass is 283 g/mol. The Hall–Kier alpha value is -1.82. The Bertz CT molecular complexity index is 575. The van der Waals surface area contributed by atoms with Crippen molar-refractivity contribution < 1.29 is 9.53 Å². The van der Waals surface area contributed by atoms with Crippen molar-refractivity contribution >= 4 is 5.78 Å². The number of fused-ring (bicyclic) bond motifs is 2. The first-order chi connectivity index (χ1) is 10.2. The van der Waals surface area contributed by atoms with E-state index in [1.54, 1.807) is 13.2 Å². The van der Waals surface area contributed by atoms with Crippen molar-refractivity contribution in [3.8, 4) is 11.8 Å². The van der Waals surface area contributed by atoms with Crippen molar-refractivity contribution in [2.45, 2.75) is 38.0 Å². The van der Waals surface area contributed by atoms with Crippen molar-refractivity contribution in [3.63, 3.8) is 0 Å². The summed E-state index contributed by atoms with van der Waals surface area (Å²) >= 11 is 0. The van der Waals surface area contributed by atoms with Crippen LogP contribution in [0.1, 0.15) is 43.6 Å². The Balaban J connectivity index is 1.70. The molecule has 0 radical (unpaired) electrons. The third-order valence-electron chi connectivity index (χ3n) is 5.23. The number of nitriles is 1. The molecule has 2 fully saturated rings. The lowest BCUT2D eigenvalue weighted by atomic mass is 9.82. The number of ether oxygens (including phenoxy) is 1. The van der Waals surface area contributed by atoms with Crippen LogP contribution in [0, 0.1) is 29.1 Å². The van der Waals surface area contributed by atoms with E-state index in [1.165, 1.54) is 25.7 Å². The summed E-state index contributed by atoms with van der Waals surface area (Å²) in [6, 6.07) is 9.49. The van der Waals surface area contributed by atoms with Gasteiger partial charge in [0.2, 0.25) is 0 Å². The van der Waals surface area contributed by atoms with Crippen LogP contribution in [0.2, 0.25) is 0 Å². The Morgan fingerprint density at radius 1 is 1.43 bits per heavy atom. The smallest absolute Gasteiger partial charge is 0.154 e. The second-order valence-corrected chi connectivity index (χ2v) is 6.44. The van der Waals surface area contributed by atoms with Crippen LogP contribution in [-0.4, -0.2) is 12.9 Å². The number of nitrogens with zero attached hydrogens (tertiary/aromatic N) is 1. The predicted molar refractivity (Wildman–Crippen MR) is 79.9 cm³/mol. The molecule has 0 saturated heterocycles. The number of carbonyl (C=O) groups excluding carboxylic acids is 1. The maximum absolute atomic E-state index is 12.5. The Kier molecular flexibility index (Phi) is 3.96. The molecule has 0 aliphatic heterocycles. The minimum absolute atomic E-state index is 0.0725. The third kappa shape index (κ3) is 2.81. The molecule has 3 rings (SSSR count). The number of ketones is 1. The molecule has 2 saturated carbocycles. The molecule has 2 bridgehead atoms. The van der Waals surface area contributed by atoms with Gasteiger partial charge in [0.05, 0.1) is 13.2 Å². The van der Waals surface area contributed by atoms with E-state index in [1.807, 2.05) is 18.2 Å². The molecule has 1 aromatic rings. The molecule has 0 aromatic heterocycles. The molecular weight excluding hydrogens is 262 g/mol. The van der Waals surface area contributed by atoms with E-state index in [4.69, 9.17) is 4.74 Å². The van der Waals surface area contributed by atoms with Crippen molar-refractivity contribution in [2.75, 3.05) is 7.11 Å². The Morgan fingerprint density at radius 2 is 2.29 bits per heavy atom. The topological polar surface area (TPSA) is 50.1 Å². The van der Waals surface area contributed by atoms with Gasteiger partial charge in [-0.05, 0) is 54.7 Å². The van der Waals surface area contributed by atoms with Gasteiger partial charge in [0.15, 0.2) is 5.78 Å². The normalized spacial score (nSPS) is 28.1. The zero-order valence-electron chi connectivity index (χ0n) is 12.4. The number of methoxy groups -OCH3 is 1. The molecular formula is C18H21NO2. The van der Waals surface area contributed by atoms with Crippen molar-refractivity contribution in [1.29, 1.82) is 5.26 Å².